The van der Waals surface area contributed by atoms with Crippen LogP contribution >= 0.6 is 11.8 Å². The van der Waals surface area contributed by atoms with Gasteiger partial charge >= 0.3 is 0 Å². The summed E-state index contributed by atoms with van der Waals surface area (Å²) in [7, 11) is -3.74. The highest BCUT2D eigenvalue weighted by Gasteiger charge is 2.22. The smallest absolute Gasteiger partial charge is 0.261 e. The molecular formula is C27H24N2O3S2. The summed E-state index contributed by atoms with van der Waals surface area (Å²) in [4.78, 5) is 14.3. The lowest BCUT2D eigenvalue weighted by Crippen LogP contribution is -2.19. The van der Waals surface area contributed by atoms with Crippen molar-refractivity contribution in [2.24, 2.45) is 0 Å². The molecule has 1 amide bonds. The van der Waals surface area contributed by atoms with Crippen LogP contribution in [0.3, 0.4) is 0 Å². The molecule has 1 atom stereocenters. The Labute approximate surface area is 204 Å². The molecule has 0 saturated heterocycles. The molecule has 0 aromatic heterocycles. The molecule has 0 aliphatic heterocycles. The molecule has 0 spiro atoms. The summed E-state index contributed by atoms with van der Waals surface area (Å²) >= 11 is 1.46. The molecule has 0 aliphatic rings. The Kier molecular flexibility index (Phi) is 7.35. The van der Waals surface area contributed by atoms with Crippen molar-refractivity contribution in [1.82, 2.24) is 0 Å². The van der Waals surface area contributed by atoms with E-state index in [1.54, 1.807) is 24.3 Å². The summed E-state index contributed by atoms with van der Waals surface area (Å²) in [5.74, 6) is -0.187. The third kappa shape index (κ3) is 6.07. The average molecular weight is 489 g/mol. The quantitative estimate of drug-likeness (QED) is 0.287. The van der Waals surface area contributed by atoms with Gasteiger partial charge in [0.2, 0.25) is 5.91 Å². The number of hydrogen-bond acceptors (Lipinski definition) is 4. The summed E-state index contributed by atoms with van der Waals surface area (Å²) in [6.45, 7) is 1.94. The molecule has 7 heteroatoms. The first kappa shape index (κ1) is 23.6. The second kappa shape index (κ2) is 10.6. The lowest BCUT2D eigenvalue weighted by Gasteiger charge is -2.17. The predicted molar refractivity (Wildman–Crippen MR) is 139 cm³/mol. The Bertz CT molecular complexity index is 1340. The number of aryl methyl sites for hydroxylation is 1. The first-order valence-corrected chi connectivity index (χ1v) is 13.0. The van der Waals surface area contributed by atoms with Crippen molar-refractivity contribution in [2.45, 2.75) is 22.0 Å². The zero-order chi connectivity index (χ0) is 24.0. The fourth-order valence-corrected chi connectivity index (χ4v) is 5.40. The van der Waals surface area contributed by atoms with Crippen molar-refractivity contribution in [1.29, 1.82) is 0 Å². The van der Waals surface area contributed by atoms with Gasteiger partial charge in [-0.15, -0.1) is 11.8 Å². The van der Waals surface area contributed by atoms with E-state index in [2.05, 4.69) is 10.0 Å². The number of carbonyl (C=O) groups is 1. The standard InChI is InChI=1S/C27H24N2O3S2/c1-20-12-14-23(15-13-20)29-34(31,32)25-18-16-22(17-19-25)28-27(30)26(21-8-4-2-5-9-21)33-24-10-6-3-7-11-24/h2-19,26,29H,1H3,(H,28,30). The first-order chi connectivity index (χ1) is 16.4. The maximum absolute atomic E-state index is 13.2. The van der Waals surface area contributed by atoms with Gasteiger partial charge in [-0.3, -0.25) is 9.52 Å². The van der Waals surface area contributed by atoms with Crippen LogP contribution in [0, 0.1) is 6.92 Å². The minimum absolute atomic E-state index is 0.115. The second-order valence-electron chi connectivity index (χ2n) is 7.71. The van der Waals surface area contributed by atoms with Crippen molar-refractivity contribution in [2.75, 3.05) is 10.0 Å². The third-order valence-corrected chi connectivity index (χ3v) is 7.74. The summed E-state index contributed by atoms with van der Waals surface area (Å²) in [5, 5.41) is 2.46. The molecule has 172 valence electrons. The maximum atomic E-state index is 13.2. The van der Waals surface area contributed by atoms with E-state index in [0.717, 1.165) is 16.0 Å². The zero-order valence-electron chi connectivity index (χ0n) is 18.5. The van der Waals surface area contributed by atoms with Crippen molar-refractivity contribution in [3.63, 3.8) is 0 Å². The summed E-state index contributed by atoms with van der Waals surface area (Å²) in [6, 6.07) is 32.6. The molecule has 0 saturated carbocycles. The van der Waals surface area contributed by atoms with Crippen LogP contribution in [0.1, 0.15) is 16.4 Å². The van der Waals surface area contributed by atoms with Crippen LogP contribution in [0.15, 0.2) is 119 Å². The van der Waals surface area contributed by atoms with Crippen LogP contribution < -0.4 is 10.0 Å². The number of carbonyl (C=O) groups excluding carboxylic acids is 1. The van der Waals surface area contributed by atoms with E-state index in [-0.39, 0.29) is 10.8 Å². The minimum Gasteiger partial charge on any atom is -0.325 e. The molecule has 4 rings (SSSR count). The van der Waals surface area contributed by atoms with Crippen LogP contribution in [-0.4, -0.2) is 14.3 Å². The Morgan fingerprint density at radius 2 is 1.29 bits per heavy atom. The van der Waals surface area contributed by atoms with E-state index < -0.39 is 15.3 Å². The van der Waals surface area contributed by atoms with Crippen LogP contribution in [0.4, 0.5) is 11.4 Å². The van der Waals surface area contributed by atoms with Gasteiger partial charge in [0, 0.05) is 16.3 Å². The Hall–Kier alpha value is -3.55. The fraction of sp³-hybridized carbons (Fsp3) is 0.0741. The van der Waals surface area contributed by atoms with Crippen molar-refractivity contribution >= 4 is 39.1 Å². The van der Waals surface area contributed by atoms with Gasteiger partial charge in [-0.05, 0) is 61.0 Å². The van der Waals surface area contributed by atoms with Gasteiger partial charge in [0.05, 0.1) is 4.90 Å². The zero-order valence-corrected chi connectivity index (χ0v) is 20.1. The SMILES string of the molecule is Cc1ccc(NS(=O)(=O)c2ccc(NC(=O)C(Sc3ccccc3)c3ccccc3)cc2)cc1. The molecule has 34 heavy (non-hydrogen) atoms. The van der Waals surface area contributed by atoms with Gasteiger partial charge in [-0.25, -0.2) is 8.42 Å². The summed E-state index contributed by atoms with van der Waals surface area (Å²) in [5.41, 5.74) is 2.94. The van der Waals surface area contributed by atoms with Crippen LogP contribution in [-0.2, 0) is 14.8 Å². The monoisotopic (exact) mass is 488 g/mol. The topological polar surface area (TPSA) is 75.3 Å². The fourth-order valence-electron chi connectivity index (χ4n) is 3.30. The van der Waals surface area contributed by atoms with E-state index in [4.69, 9.17) is 0 Å². The normalized spacial score (nSPS) is 12.0. The molecular weight excluding hydrogens is 464 g/mol. The summed E-state index contributed by atoms with van der Waals surface area (Å²) < 4.78 is 28.0. The Morgan fingerprint density at radius 3 is 1.91 bits per heavy atom. The van der Waals surface area contributed by atoms with Crippen molar-refractivity contribution in [3.8, 4) is 0 Å². The molecule has 1 unspecified atom stereocenters. The van der Waals surface area contributed by atoms with Crippen molar-refractivity contribution in [3.05, 3.63) is 120 Å². The number of sulfonamides is 1. The van der Waals surface area contributed by atoms with E-state index >= 15 is 0 Å². The molecule has 0 heterocycles. The van der Waals surface area contributed by atoms with E-state index in [1.165, 1.54) is 23.9 Å². The number of nitrogens with one attached hydrogen (secondary N) is 2. The van der Waals surface area contributed by atoms with Gasteiger partial charge in [0.1, 0.15) is 5.25 Å². The molecule has 2 N–H and O–H groups in total. The molecule has 0 fully saturated rings. The van der Waals surface area contributed by atoms with Crippen molar-refractivity contribution < 1.29 is 13.2 Å². The third-order valence-electron chi connectivity index (χ3n) is 5.07. The predicted octanol–water partition coefficient (Wildman–Crippen LogP) is 6.27. The molecule has 0 aliphatic carbocycles. The second-order valence-corrected chi connectivity index (χ2v) is 10.6. The molecule has 0 radical (unpaired) electrons. The van der Waals surface area contributed by atoms with E-state index in [0.29, 0.717) is 11.4 Å². The van der Waals surface area contributed by atoms with Gasteiger partial charge in [-0.1, -0.05) is 66.2 Å². The van der Waals surface area contributed by atoms with Gasteiger partial charge in [0.25, 0.3) is 10.0 Å². The van der Waals surface area contributed by atoms with E-state index in [9.17, 15) is 13.2 Å². The molecule has 5 nitrogen and oxygen atoms in total. The van der Waals surface area contributed by atoms with Gasteiger partial charge in [-0.2, -0.15) is 0 Å². The highest BCUT2D eigenvalue weighted by Crippen LogP contribution is 2.36. The molecule has 4 aromatic carbocycles. The average Bonchev–Trinajstić information content (AvgIpc) is 2.85. The summed E-state index contributed by atoms with van der Waals surface area (Å²) in [6.07, 6.45) is 0. The maximum Gasteiger partial charge on any atom is 0.261 e. The first-order valence-electron chi connectivity index (χ1n) is 10.7. The number of hydrogen-bond donors (Lipinski definition) is 2. The van der Waals surface area contributed by atoms with Gasteiger partial charge < -0.3 is 5.32 Å². The highest BCUT2D eigenvalue weighted by molar-refractivity contribution is 8.00. The number of rotatable bonds is 8. The minimum atomic E-state index is -3.74. The largest absolute Gasteiger partial charge is 0.325 e. The van der Waals surface area contributed by atoms with Crippen LogP contribution in [0.5, 0.6) is 0 Å². The Morgan fingerprint density at radius 1 is 0.735 bits per heavy atom. The van der Waals surface area contributed by atoms with E-state index in [1.807, 2.05) is 79.7 Å². The lowest BCUT2D eigenvalue weighted by atomic mass is 10.1. The highest BCUT2D eigenvalue weighted by atomic mass is 32.2. The van der Waals surface area contributed by atoms with Crippen LogP contribution in [0.25, 0.3) is 0 Å². The number of amides is 1. The Balaban J connectivity index is 1.49. The van der Waals surface area contributed by atoms with Crippen LogP contribution in [0.2, 0.25) is 0 Å². The number of benzene rings is 4. The number of thioether (sulfide) groups is 1. The number of anilines is 2. The lowest BCUT2D eigenvalue weighted by molar-refractivity contribution is -0.115. The molecule has 0 bridgehead atoms. The van der Waals surface area contributed by atoms with Gasteiger partial charge in [0.15, 0.2) is 0 Å². The molecule has 4 aromatic rings.